The number of carboxylic acids is 2. The number of rotatable bonds is 3. The van der Waals surface area contributed by atoms with Gasteiger partial charge in [-0.05, 0) is 0 Å². The average Bonchev–Trinajstić information content (AvgIpc) is 1.84. The van der Waals surface area contributed by atoms with Crippen LogP contribution in [0.1, 0.15) is 0 Å². The molecule has 0 aliphatic carbocycles. The minimum Gasteiger partial charge on any atom is -0.480 e. The molecule has 2 unspecified atom stereocenters. The van der Waals surface area contributed by atoms with Gasteiger partial charge in [0.25, 0.3) is 0 Å². The van der Waals surface area contributed by atoms with E-state index in [2.05, 4.69) is 25.3 Å². The molecule has 0 saturated carbocycles. The molecule has 2 atom stereocenters. The van der Waals surface area contributed by atoms with Crippen molar-refractivity contribution < 1.29 is 39.9 Å². The first-order valence-corrected chi connectivity index (χ1v) is 3.32. The Balaban J connectivity index is 0. The molecule has 11 heavy (non-hydrogen) atoms. The molecule has 0 heterocycles. The van der Waals surface area contributed by atoms with E-state index >= 15 is 0 Å². The normalized spacial score (nSPS) is 14.4. The monoisotopic (exact) mass is 281 g/mol. The van der Waals surface area contributed by atoms with E-state index in [1.54, 1.807) is 0 Å². The maximum atomic E-state index is 10.1. The van der Waals surface area contributed by atoms with Gasteiger partial charge in [0, 0.05) is 20.1 Å². The topological polar surface area (TPSA) is 74.6 Å². The summed E-state index contributed by atoms with van der Waals surface area (Å²) in [5.74, 6) is -2.57. The van der Waals surface area contributed by atoms with Crippen molar-refractivity contribution in [2.75, 3.05) is 0 Å². The molecule has 1 radical (unpaired) electrons. The Labute approximate surface area is 87.5 Å². The number of carboxylic acid groups (broad SMARTS) is 2. The van der Waals surface area contributed by atoms with Crippen molar-refractivity contribution in [3.63, 3.8) is 0 Å². The zero-order chi connectivity index (χ0) is 8.31. The van der Waals surface area contributed by atoms with Crippen molar-refractivity contribution in [1.82, 2.24) is 0 Å². The van der Waals surface area contributed by atoms with Gasteiger partial charge in [0.2, 0.25) is 0 Å². The second-order valence-corrected chi connectivity index (χ2v) is 2.68. The van der Waals surface area contributed by atoms with E-state index in [0.717, 1.165) is 0 Å². The first-order valence-electron chi connectivity index (χ1n) is 2.28. The Morgan fingerprint density at radius 2 is 1.18 bits per heavy atom. The Kier molecular flexibility index (Phi) is 7.40. The van der Waals surface area contributed by atoms with Gasteiger partial charge in [-0.2, -0.15) is 25.3 Å². The van der Waals surface area contributed by atoms with E-state index < -0.39 is 22.4 Å². The molecule has 0 aromatic heterocycles. The quantitative estimate of drug-likeness (QED) is 0.538. The van der Waals surface area contributed by atoms with Crippen LogP contribution in [0.3, 0.4) is 0 Å². The molecule has 0 saturated heterocycles. The van der Waals surface area contributed by atoms with Gasteiger partial charge in [-0.15, -0.1) is 0 Å². The average molecular weight is 281 g/mol. The minimum atomic E-state index is -1.29. The van der Waals surface area contributed by atoms with Crippen molar-refractivity contribution >= 4 is 37.2 Å². The molecule has 0 aromatic rings. The van der Waals surface area contributed by atoms with Crippen molar-refractivity contribution in [1.29, 1.82) is 0 Å². The van der Waals surface area contributed by atoms with Gasteiger partial charge in [-0.3, -0.25) is 9.59 Å². The van der Waals surface area contributed by atoms with E-state index in [0.29, 0.717) is 0 Å². The number of hydrogen-bond acceptors (Lipinski definition) is 4. The van der Waals surface area contributed by atoms with E-state index in [1.165, 1.54) is 0 Å². The predicted molar refractivity (Wildman–Crippen MR) is 40.8 cm³/mol. The second kappa shape index (κ2) is 5.88. The Hall–Kier alpha value is 0.289. The smallest absolute Gasteiger partial charge is 0.318 e. The van der Waals surface area contributed by atoms with Crippen molar-refractivity contribution in [3.8, 4) is 0 Å². The Bertz CT molecular complexity index is 144. The fourth-order valence-corrected chi connectivity index (χ4v) is 0.525. The fraction of sp³-hybridized carbons (Fsp3) is 0.500. The van der Waals surface area contributed by atoms with E-state index in [4.69, 9.17) is 10.2 Å². The summed E-state index contributed by atoms with van der Waals surface area (Å²) >= 11 is 7.00. The zero-order valence-electron chi connectivity index (χ0n) is 5.14. The summed E-state index contributed by atoms with van der Waals surface area (Å²) in [7, 11) is 0. The fourth-order valence-electron chi connectivity index (χ4n) is 0.270. The predicted octanol–water partition coefficient (Wildman–Crippen LogP) is -0.250. The van der Waals surface area contributed by atoms with Crippen molar-refractivity contribution in [2.24, 2.45) is 0 Å². The standard InChI is InChI=1S/C4H6O4S2.Tc/c5-3(6)1(9)2(10)4(7)8;/h1-2,9-10H,(H,5,6)(H,7,8);/i;1+1. The van der Waals surface area contributed by atoms with Gasteiger partial charge < -0.3 is 10.2 Å². The molecule has 7 heteroatoms. The molecular weight excluding hydrogens is 275 g/mol. The number of aliphatic carboxylic acids is 2. The van der Waals surface area contributed by atoms with Crippen LogP contribution in [0.2, 0.25) is 0 Å². The number of thiol groups is 2. The molecule has 0 amide bonds. The summed E-state index contributed by atoms with van der Waals surface area (Å²) in [4.78, 5) is 20.1. The molecular formula is C4H6O4S2Tc. The van der Waals surface area contributed by atoms with E-state index in [1.807, 2.05) is 0 Å². The second-order valence-electron chi connectivity index (χ2n) is 1.57. The Morgan fingerprint density at radius 1 is 1.00 bits per heavy atom. The molecule has 0 aromatic carbocycles. The molecule has 0 fully saturated rings. The summed E-state index contributed by atoms with van der Waals surface area (Å²) in [6.45, 7) is 0. The SMILES string of the molecule is O=C(O)C(S)C(S)C(=O)O.[99Tc]. The zero-order valence-corrected chi connectivity index (χ0v) is 8.78. The minimum absolute atomic E-state index is 0. The molecule has 0 aliphatic rings. The maximum Gasteiger partial charge on any atom is 0.318 e. The third-order valence-electron chi connectivity index (χ3n) is 0.805. The molecule has 0 aliphatic heterocycles. The Morgan fingerprint density at radius 3 is 1.27 bits per heavy atom. The van der Waals surface area contributed by atoms with Gasteiger partial charge >= 0.3 is 11.9 Å². The summed E-state index contributed by atoms with van der Waals surface area (Å²) in [5, 5.41) is 13.9. The summed E-state index contributed by atoms with van der Waals surface area (Å²) < 4.78 is 0. The van der Waals surface area contributed by atoms with Crippen molar-refractivity contribution in [2.45, 2.75) is 10.5 Å². The third-order valence-corrected chi connectivity index (χ3v) is 2.08. The van der Waals surface area contributed by atoms with Crippen LogP contribution < -0.4 is 0 Å². The van der Waals surface area contributed by atoms with Crippen LogP contribution in [-0.4, -0.2) is 32.7 Å². The van der Waals surface area contributed by atoms with Gasteiger partial charge in [-0.1, -0.05) is 0 Å². The molecule has 0 rings (SSSR count). The van der Waals surface area contributed by atoms with Gasteiger partial charge in [0.15, 0.2) is 0 Å². The van der Waals surface area contributed by atoms with Crippen LogP contribution in [0.4, 0.5) is 0 Å². The third kappa shape index (κ3) is 4.68. The van der Waals surface area contributed by atoms with Crippen LogP contribution in [0.5, 0.6) is 0 Å². The summed E-state index contributed by atoms with van der Waals surface area (Å²) in [6.07, 6.45) is 0. The summed E-state index contributed by atoms with van der Waals surface area (Å²) in [5.41, 5.74) is 0. The maximum absolute atomic E-state index is 10.1. The van der Waals surface area contributed by atoms with E-state index in [-0.39, 0.29) is 20.1 Å². The van der Waals surface area contributed by atoms with Crippen LogP contribution in [0, 0.1) is 0 Å². The molecule has 65 valence electrons. The van der Waals surface area contributed by atoms with Gasteiger partial charge in [-0.25, -0.2) is 0 Å². The largest absolute Gasteiger partial charge is 0.480 e. The molecule has 4 nitrogen and oxygen atoms in total. The number of carbonyl (C=O) groups is 2. The first-order chi connectivity index (χ1) is 4.46. The summed E-state index contributed by atoms with van der Waals surface area (Å²) in [6, 6.07) is 0. The van der Waals surface area contributed by atoms with Gasteiger partial charge in [0.05, 0.1) is 0 Å². The van der Waals surface area contributed by atoms with Crippen LogP contribution in [0.25, 0.3) is 0 Å². The van der Waals surface area contributed by atoms with Crippen molar-refractivity contribution in [3.05, 3.63) is 0 Å². The van der Waals surface area contributed by atoms with Crippen LogP contribution >= 0.6 is 25.3 Å². The molecule has 0 spiro atoms. The van der Waals surface area contributed by atoms with Gasteiger partial charge in [0.1, 0.15) is 10.5 Å². The number of hydrogen-bond donors (Lipinski definition) is 4. The van der Waals surface area contributed by atoms with Crippen LogP contribution in [0.15, 0.2) is 0 Å². The molecule has 0 bridgehead atoms. The first kappa shape index (κ1) is 13.9. The van der Waals surface area contributed by atoms with Crippen LogP contribution in [-0.2, 0) is 29.7 Å². The molecule has 2 N–H and O–H groups in total. The van der Waals surface area contributed by atoms with E-state index in [9.17, 15) is 9.59 Å².